The van der Waals surface area contributed by atoms with E-state index in [0.29, 0.717) is 12.3 Å². The van der Waals surface area contributed by atoms with Gasteiger partial charge in [0.2, 0.25) is 0 Å². The second-order valence-corrected chi connectivity index (χ2v) is 7.31. The summed E-state index contributed by atoms with van der Waals surface area (Å²) < 4.78 is 0. The van der Waals surface area contributed by atoms with E-state index in [0.717, 1.165) is 16.7 Å². The highest BCUT2D eigenvalue weighted by molar-refractivity contribution is 5.85. The van der Waals surface area contributed by atoms with Crippen molar-refractivity contribution in [2.75, 3.05) is 6.54 Å². The fourth-order valence-corrected chi connectivity index (χ4v) is 2.15. The lowest BCUT2D eigenvalue weighted by atomic mass is 9.78. The van der Waals surface area contributed by atoms with Crippen LogP contribution in [0, 0.1) is 0 Å². The number of phenolic OH excluding ortho intramolecular Hbond substituents is 1. The minimum absolute atomic E-state index is 0. The molecule has 0 saturated carbocycles. The van der Waals surface area contributed by atoms with Gasteiger partial charge in [0.1, 0.15) is 5.75 Å². The second-order valence-electron chi connectivity index (χ2n) is 7.31. The van der Waals surface area contributed by atoms with Crippen molar-refractivity contribution in [2.45, 2.75) is 58.4 Å². The number of phenols is 1. The number of aromatic hydroxyl groups is 1. The van der Waals surface area contributed by atoms with Gasteiger partial charge in [0.15, 0.2) is 0 Å². The summed E-state index contributed by atoms with van der Waals surface area (Å²) in [7, 11) is 0. The van der Waals surface area contributed by atoms with E-state index in [9.17, 15) is 5.11 Å². The van der Waals surface area contributed by atoms with E-state index in [1.807, 2.05) is 12.1 Å². The average molecular weight is 301 g/mol. The number of benzene rings is 1. The molecule has 0 saturated heterocycles. The molecular formula is C16H29ClN2O. The Morgan fingerprint density at radius 1 is 1.00 bits per heavy atom. The van der Waals surface area contributed by atoms with Crippen LogP contribution >= 0.6 is 12.4 Å². The summed E-state index contributed by atoms with van der Waals surface area (Å²) in [5.41, 5.74) is 14.3. The Morgan fingerprint density at radius 2 is 1.35 bits per heavy atom. The van der Waals surface area contributed by atoms with Crippen molar-refractivity contribution >= 4 is 12.4 Å². The molecule has 3 nitrogen and oxygen atoms in total. The van der Waals surface area contributed by atoms with Crippen LogP contribution in [0.5, 0.6) is 5.75 Å². The van der Waals surface area contributed by atoms with Crippen molar-refractivity contribution in [3.63, 3.8) is 0 Å². The van der Waals surface area contributed by atoms with E-state index in [2.05, 4.69) is 41.5 Å². The van der Waals surface area contributed by atoms with Crippen LogP contribution < -0.4 is 11.5 Å². The Kier molecular flexibility index (Phi) is 6.09. The first kappa shape index (κ1) is 19.2. The smallest absolute Gasteiger partial charge is 0.123 e. The lowest BCUT2D eigenvalue weighted by Gasteiger charge is -2.29. The van der Waals surface area contributed by atoms with E-state index >= 15 is 0 Å². The molecule has 0 heterocycles. The summed E-state index contributed by atoms with van der Waals surface area (Å²) in [6.07, 6.45) is 0. The summed E-state index contributed by atoms with van der Waals surface area (Å²) >= 11 is 0. The Hall–Kier alpha value is -0.770. The van der Waals surface area contributed by atoms with Crippen LogP contribution in [-0.4, -0.2) is 11.7 Å². The topological polar surface area (TPSA) is 72.3 Å². The molecule has 116 valence electrons. The standard InChI is InChI=1S/C16H28N2O.ClH/c1-15(2,3)11-7-10(13(18)9-17)8-12(14(11)19)16(4,5)6;/h7-8,13,19H,9,17-18H2,1-6H3;1H/t13-;/m1./s1. The molecular weight excluding hydrogens is 272 g/mol. The number of rotatable bonds is 2. The molecule has 0 aromatic heterocycles. The van der Waals surface area contributed by atoms with Crippen molar-refractivity contribution in [1.82, 2.24) is 0 Å². The Balaban J connectivity index is 0.00000361. The van der Waals surface area contributed by atoms with Crippen molar-refractivity contribution in [3.8, 4) is 5.75 Å². The number of halogens is 1. The second kappa shape index (κ2) is 6.33. The highest BCUT2D eigenvalue weighted by Crippen LogP contribution is 2.40. The van der Waals surface area contributed by atoms with Crippen LogP contribution in [0.1, 0.15) is 64.3 Å². The molecule has 4 heteroatoms. The van der Waals surface area contributed by atoms with Gasteiger partial charge < -0.3 is 16.6 Å². The SMILES string of the molecule is CC(C)(C)c1cc([C@H](N)CN)cc(C(C)(C)C)c1O.Cl. The van der Waals surface area contributed by atoms with Crippen molar-refractivity contribution in [1.29, 1.82) is 0 Å². The summed E-state index contributed by atoms with van der Waals surface area (Å²) in [5.74, 6) is 0.382. The summed E-state index contributed by atoms with van der Waals surface area (Å²) in [5, 5.41) is 10.6. The van der Waals surface area contributed by atoms with Gasteiger partial charge in [0, 0.05) is 12.6 Å². The molecule has 0 aliphatic rings. The monoisotopic (exact) mass is 300 g/mol. The molecule has 5 N–H and O–H groups in total. The van der Waals surface area contributed by atoms with Gasteiger partial charge in [0.05, 0.1) is 0 Å². The molecule has 0 bridgehead atoms. The quantitative estimate of drug-likeness (QED) is 0.784. The van der Waals surface area contributed by atoms with E-state index in [-0.39, 0.29) is 29.3 Å². The number of nitrogens with two attached hydrogens (primary N) is 2. The molecule has 0 spiro atoms. The first-order valence-corrected chi connectivity index (χ1v) is 6.82. The average Bonchev–Trinajstić information content (AvgIpc) is 2.25. The third-order valence-corrected chi connectivity index (χ3v) is 3.43. The van der Waals surface area contributed by atoms with Crippen LogP contribution in [0.4, 0.5) is 0 Å². The van der Waals surface area contributed by atoms with E-state index in [1.54, 1.807) is 0 Å². The van der Waals surface area contributed by atoms with E-state index in [1.165, 1.54) is 0 Å². The molecule has 1 aromatic rings. The van der Waals surface area contributed by atoms with Crippen LogP contribution in [0.25, 0.3) is 0 Å². The predicted octanol–water partition coefficient (Wildman–Crippen LogP) is 3.37. The van der Waals surface area contributed by atoms with Crippen LogP contribution in [0.2, 0.25) is 0 Å². The Bertz CT molecular complexity index is 424. The van der Waals surface area contributed by atoms with Gasteiger partial charge in [-0.3, -0.25) is 0 Å². The molecule has 0 amide bonds. The molecule has 0 fully saturated rings. The maximum Gasteiger partial charge on any atom is 0.123 e. The van der Waals surface area contributed by atoms with Gasteiger partial charge in [-0.2, -0.15) is 0 Å². The van der Waals surface area contributed by atoms with Gasteiger partial charge in [-0.1, -0.05) is 41.5 Å². The molecule has 1 atom stereocenters. The first-order chi connectivity index (χ1) is 8.48. The molecule has 0 unspecified atom stereocenters. The van der Waals surface area contributed by atoms with Crippen molar-refractivity contribution in [2.24, 2.45) is 11.5 Å². The number of hydrogen-bond donors (Lipinski definition) is 3. The van der Waals surface area contributed by atoms with Crippen LogP contribution in [0.15, 0.2) is 12.1 Å². The summed E-state index contributed by atoms with van der Waals surface area (Å²) in [6, 6.07) is 3.78. The normalized spacial score (nSPS) is 13.8. The van der Waals surface area contributed by atoms with Gasteiger partial charge in [-0.25, -0.2) is 0 Å². The molecule has 0 aliphatic carbocycles. The highest BCUT2D eigenvalue weighted by atomic mass is 35.5. The van der Waals surface area contributed by atoms with Gasteiger partial charge in [-0.05, 0) is 39.7 Å². The zero-order valence-corrected chi connectivity index (χ0v) is 14.3. The first-order valence-electron chi connectivity index (χ1n) is 6.82. The maximum atomic E-state index is 10.6. The third kappa shape index (κ3) is 4.11. The van der Waals surface area contributed by atoms with E-state index in [4.69, 9.17) is 11.5 Å². The van der Waals surface area contributed by atoms with Crippen molar-refractivity contribution in [3.05, 3.63) is 28.8 Å². The van der Waals surface area contributed by atoms with E-state index < -0.39 is 0 Å². The molecule has 0 radical (unpaired) electrons. The molecule has 1 rings (SSSR count). The molecule has 0 aliphatic heterocycles. The zero-order chi connectivity index (χ0) is 15.0. The fraction of sp³-hybridized carbons (Fsp3) is 0.625. The lowest BCUT2D eigenvalue weighted by molar-refractivity contribution is 0.422. The zero-order valence-electron chi connectivity index (χ0n) is 13.4. The van der Waals surface area contributed by atoms with Gasteiger partial charge in [-0.15, -0.1) is 12.4 Å². The Labute approximate surface area is 129 Å². The summed E-state index contributed by atoms with van der Waals surface area (Å²) in [6.45, 7) is 12.9. The molecule has 20 heavy (non-hydrogen) atoms. The van der Waals surface area contributed by atoms with Gasteiger partial charge >= 0.3 is 0 Å². The largest absolute Gasteiger partial charge is 0.507 e. The Morgan fingerprint density at radius 3 is 1.60 bits per heavy atom. The third-order valence-electron chi connectivity index (χ3n) is 3.43. The fourth-order valence-electron chi connectivity index (χ4n) is 2.15. The molecule has 1 aromatic carbocycles. The predicted molar refractivity (Wildman–Crippen MR) is 88.7 cm³/mol. The minimum Gasteiger partial charge on any atom is -0.507 e. The van der Waals surface area contributed by atoms with Crippen LogP contribution in [0.3, 0.4) is 0 Å². The summed E-state index contributed by atoms with van der Waals surface area (Å²) in [4.78, 5) is 0. The number of hydrogen-bond acceptors (Lipinski definition) is 3. The minimum atomic E-state index is -0.192. The van der Waals surface area contributed by atoms with Crippen LogP contribution in [-0.2, 0) is 10.8 Å². The highest BCUT2D eigenvalue weighted by Gasteiger charge is 2.27. The maximum absolute atomic E-state index is 10.6. The lowest BCUT2D eigenvalue weighted by Crippen LogP contribution is -2.24. The van der Waals surface area contributed by atoms with Gasteiger partial charge in [0.25, 0.3) is 0 Å². The van der Waals surface area contributed by atoms with Crippen molar-refractivity contribution < 1.29 is 5.11 Å².